The van der Waals surface area contributed by atoms with Crippen LogP contribution in [0.25, 0.3) is 0 Å². The van der Waals surface area contributed by atoms with Crippen molar-refractivity contribution in [2.45, 2.75) is 39.9 Å². The molecule has 0 spiro atoms. The Bertz CT molecular complexity index is 573. The van der Waals surface area contributed by atoms with E-state index in [4.69, 9.17) is 25.1 Å². The molecule has 1 rings (SSSR count). The van der Waals surface area contributed by atoms with Crippen molar-refractivity contribution in [1.29, 1.82) is 0 Å². The molecule has 0 aliphatic heterocycles. The molecule has 1 aromatic rings. The van der Waals surface area contributed by atoms with Gasteiger partial charge in [-0.3, -0.25) is 0 Å². The Morgan fingerprint density at radius 2 is 1.30 bits per heavy atom. The van der Waals surface area contributed by atoms with Crippen LogP contribution in [0.1, 0.15) is 27.7 Å². The third kappa shape index (κ3) is 8.31. The third-order valence-electron chi connectivity index (χ3n) is 2.90. The predicted molar refractivity (Wildman–Crippen MR) is 107 cm³/mol. The number of halogens is 1. The first-order valence-electron chi connectivity index (χ1n) is 8.30. The molecule has 0 heterocycles. The van der Waals surface area contributed by atoms with Gasteiger partial charge < -0.3 is 0 Å². The van der Waals surface area contributed by atoms with E-state index in [2.05, 4.69) is 0 Å². The Kier molecular flexibility index (Phi) is 10.4. The molecule has 0 bridgehead atoms. The molecular formula is C18H27IO8. The third-order valence-corrected chi connectivity index (χ3v) is 6.88. The van der Waals surface area contributed by atoms with E-state index in [9.17, 15) is 9.59 Å². The van der Waals surface area contributed by atoms with Gasteiger partial charge in [0.2, 0.25) is 0 Å². The van der Waals surface area contributed by atoms with Gasteiger partial charge in [0.05, 0.1) is 0 Å². The Morgan fingerprint density at radius 1 is 0.889 bits per heavy atom. The summed E-state index contributed by atoms with van der Waals surface area (Å²) < 4.78 is 33.3. The summed E-state index contributed by atoms with van der Waals surface area (Å²) in [5, 5.41) is 0. The summed E-state index contributed by atoms with van der Waals surface area (Å²) in [7, 11) is 3.15. The van der Waals surface area contributed by atoms with Crippen molar-refractivity contribution in [3.8, 4) is 11.5 Å². The van der Waals surface area contributed by atoms with Crippen LogP contribution in [0.4, 0.5) is 0 Å². The minimum absolute atomic E-state index is 0.271. The second-order valence-corrected chi connectivity index (χ2v) is 8.89. The summed E-state index contributed by atoms with van der Waals surface area (Å²) in [4.78, 5) is 23.2. The number of hydrogen-bond acceptors (Lipinski definition) is 8. The van der Waals surface area contributed by atoms with Crippen molar-refractivity contribution < 1.29 is 34.7 Å². The molecule has 1 aromatic carbocycles. The average Bonchev–Trinajstić information content (AvgIpc) is 2.54. The van der Waals surface area contributed by atoms with E-state index in [1.165, 1.54) is 13.8 Å². The van der Waals surface area contributed by atoms with Crippen LogP contribution >= 0.6 is 20.6 Å². The van der Waals surface area contributed by atoms with E-state index in [1.54, 1.807) is 32.4 Å². The van der Waals surface area contributed by atoms with Gasteiger partial charge in [-0.05, 0) is 0 Å². The number of carbonyl (C=O) groups is 2. The van der Waals surface area contributed by atoms with Gasteiger partial charge >= 0.3 is 168 Å². The summed E-state index contributed by atoms with van der Waals surface area (Å²) in [6, 6.07) is 5.18. The predicted octanol–water partition coefficient (Wildman–Crippen LogP) is 3.15. The van der Waals surface area contributed by atoms with Crippen LogP contribution in [0.15, 0.2) is 18.2 Å². The van der Waals surface area contributed by atoms with Gasteiger partial charge in [-0.2, -0.15) is 0 Å². The average molecular weight is 498 g/mol. The SMILES string of the molecule is COC[C@@H](C)Oc1cccc(O[C@H](C)COC)c1I(OC(C)=O)OC(C)=O. The van der Waals surface area contributed by atoms with Crippen LogP contribution in [-0.4, -0.2) is 51.6 Å². The standard InChI is InChI=1S/C18H27IO8/c1-12(10-22-5)24-16-8-7-9-17(25-13(2)11-23-6)18(16)19(26-14(3)20)27-15(4)21/h7-9,12-13H,10-11H2,1-6H3/t12-,13-/m1/s1. The molecule has 0 amide bonds. The Labute approximate surface area is 167 Å². The monoisotopic (exact) mass is 498 g/mol. The first-order valence-corrected chi connectivity index (χ1v) is 11.1. The molecule has 9 heteroatoms. The van der Waals surface area contributed by atoms with E-state index >= 15 is 0 Å². The molecule has 0 fully saturated rings. The molecule has 27 heavy (non-hydrogen) atoms. The van der Waals surface area contributed by atoms with Gasteiger partial charge in [0.25, 0.3) is 0 Å². The van der Waals surface area contributed by atoms with Gasteiger partial charge in [0.1, 0.15) is 0 Å². The van der Waals surface area contributed by atoms with Gasteiger partial charge in [0.15, 0.2) is 0 Å². The number of ether oxygens (including phenoxy) is 4. The van der Waals surface area contributed by atoms with Crippen molar-refractivity contribution in [1.82, 2.24) is 0 Å². The van der Waals surface area contributed by atoms with E-state index in [0.717, 1.165) is 0 Å². The van der Waals surface area contributed by atoms with Gasteiger partial charge in [0, 0.05) is 0 Å². The fourth-order valence-corrected chi connectivity index (χ4v) is 5.22. The molecule has 0 aliphatic carbocycles. The van der Waals surface area contributed by atoms with Crippen LogP contribution in [0, 0.1) is 3.57 Å². The molecule has 0 unspecified atom stereocenters. The molecule has 0 N–H and O–H groups in total. The fourth-order valence-electron chi connectivity index (χ4n) is 2.09. The van der Waals surface area contributed by atoms with Gasteiger partial charge in [-0.1, -0.05) is 0 Å². The van der Waals surface area contributed by atoms with Crippen molar-refractivity contribution in [2.24, 2.45) is 0 Å². The second-order valence-electron chi connectivity index (χ2n) is 5.69. The molecule has 0 saturated heterocycles. The molecular weight excluding hydrogens is 471 g/mol. The summed E-state index contributed by atoms with van der Waals surface area (Å²) in [6.45, 7) is 6.92. The zero-order chi connectivity index (χ0) is 20.4. The zero-order valence-electron chi connectivity index (χ0n) is 16.4. The second kappa shape index (κ2) is 12.0. The van der Waals surface area contributed by atoms with E-state index in [-0.39, 0.29) is 12.2 Å². The molecule has 0 aliphatic rings. The first-order chi connectivity index (χ1) is 12.8. The van der Waals surface area contributed by atoms with Gasteiger partial charge in [-0.15, -0.1) is 0 Å². The number of methoxy groups -OCH3 is 2. The molecule has 8 nitrogen and oxygen atoms in total. The summed E-state index contributed by atoms with van der Waals surface area (Å²) in [5.41, 5.74) is 0. The van der Waals surface area contributed by atoms with Crippen molar-refractivity contribution in [2.75, 3.05) is 27.4 Å². The van der Waals surface area contributed by atoms with Crippen LogP contribution in [0.5, 0.6) is 11.5 Å². The van der Waals surface area contributed by atoms with E-state index in [1.807, 2.05) is 13.8 Å². The zero-order valence-corrected chi connectivity index (χ0v) is 18.6. The topological polar surface area (TPSA) is 89.5 Å². The van der Waals surface area contributed by atoms with Crippen molar-refractivity contribution in [3.63, 3.8) is 0 Å². The number of carbonyl (C=O) groups excluding carboxylic acids is 2. The molecule has 2 atom stereocenters. The number of benzene rings is 1. The molecule has 0 saturated carbocycles. The molecule has 0 radical (unpaired) electrons. The maximum atomic E-state index is 11.6. The van der Waals surface area contributed by atoms with Crippen LogP contribution in [0.2, 0.25) is 0 Å². The molecule has 0 aromatic heterocycles. The molecule has 154 valence electrons. The number of rotatable bonds is 11. The Balaban J connectivity index is 3.35. The Hall–Kier alpha value is -1.59. The fraction of sp³-hybridized carbons (Fsp3) is 0.556. The van der Waals surface area contributed by atoms with Crippen molar-refractivity contribution in [3.05, 3.63) is 21.8 Å². The Morgan fingerprint density at radius 3 is 1.63 bits per heavy atom. The van der Waals surface area contributed by atoms with E-state index in [0.29, 0.717) is 28.3 Å². The number of hydrogen-bond donors (Lipinski definition) is 0. The van der Waals surface area contributed by atoms with Crippen molar-refractivity contribution >= 4 is 32.6 Å². The van der Waals surface area contributed by atoms with Gasteiger partial charge in [-0.25, -0.2) is 0 Å². The quantitative estimate of drug-likeness (QED) is 0.430. The van der Waals surface area contributed by atoms with Crippen LogP contribution < -0.4 is 9.47 Å². The normalized spacial score (nSPS) is 13.3. The van der Waals surface area contributed by atoms with E-state index < -0.39 is 32.6 Å². The minimum atomic E-state index is -3.19. The van der Waals surface area contributed by atoms with Crippen LogP contribution in [-0.2, 0) is 25.2 Å². The van der Waals surface area contributed by atoms with Crippen LogP contribution in [0.3, 0.4) is 0 Å². The first kappa shape index (κ1) is 23.4. The summed E-state index contributed by atoms with van der Waals surface area (Å²) >= 11 is -3.19. The maximum absolute atomic E-state index is 11.6. The summed E-state index contributed by atoms with van der Waals surface area (Å²) in [6.07, 6.45) is -0.541. The summed E-state index contributed by atoms with van der Waals surface area (Å²) in [5.74, 6) is -0.238.